The Morgan fingerprint density at radius 2 is 2.00 bits per heavy atom. The maximum absolute atomic E-state index is 13.7. The second-order valence-electron chi connectivity index (χ2n) is 10.5. The molecule has 34 heavy (non-hydrogen) atoms. The summed E-state index contributed by atoms with van der Waals surface area (Å²) in [4.78, 5) is 18.4. The number of likely N-dealkylation sites (tertiary alicyclic amines) is 1. The van der Waals surface area contributed by atoms with Gasteiger partial charge in [-0.05, 0) is 73.9 Å². The van der Waals surface area contributed by atoms with Crippen molar-refractivity contribution >= 4 is 5.91 Å². The molecule has 3 atom stereocenters. The number of benzene rings is 2. The third-order valence-corrected chi connectivity index (χ3v) is 7.90. The third-order valence-electron chi connectivity index (χ3n) is 7.90. The second kappa shape index (κ2) is 10.8. The Bertz CT molecular complexity index is 973. The number of nitrogens with zero attached hydrogens (tertiary/aromatic N) is 2. The molecule has 0 bridgehead atoms. The lowest BCUT2D eigenvalue weighted by Crippen LogP contribution is -2.57. The van der Waals surface area contributed by atoms with E-state index in [0.29, 0.717) is 11.8 Å². The quantitative estimate of drug-likeness (QED) is 0.467. The van der Waals surface area contributed by atoms with Crippen LogP contribution in [0.1, 0.15) is 55.5 Å². The van der Waals surface area contributed by atoms with E-state index in [1.807, 2.05) is 42.5 Å². The van der Waals surface area contributed by atoms with E-state index in [9.17, 15) is 4.79 Å². The van der Waals surface area contributed by atoms with E-state index < -0.39 is 0 Å². The van der Waals surface area contributed by atoms with Crippen molar-refractivity contribution < 1.29 is 9.53 Å². The van der Waals surface area contributed by atoms with Gasteiger partial charge in [-0.1, -0.05) is 50.3 Å². The Balaban J connectivity index is 1.69. The molecule has 2 aromatic rings. The Labute approximate surface area is 205 Å². The maximum Gasteiger partial charge on any atom is 0.254 e. The average molecular weight is 461 g/mol. The van der Waals surface area contributed by atoms with E-state index in [1.165, 1.54) is 5.56 Å². The summed E-state index contributed by atoms with van der Waals surface area (Å²) >= 11 is 0. The van der Waals surface area contributed by atoms with Gasteiger partial charge < -0.3 is 9.64 Å². The van der Waals surface area contributed by atoms with Crippen molar-refractivity contribution in [3.05, 3.63) is 78.4 Å². The number of piperidine rings is 1. The number of amides is 1. The first-order chi connectivity index (χ1) is 16.5. The second-order valence-corrected chi connectivity index (χ2v) is 10.5. The number of ether oxygens (including phenoxy) is 1. The Morgan fingerprint density at radius 3 is 2.71 bits per heavy atom. The zero-order chi connectivity index (χ0) is 24.1. The van der Waals surface area contributed by atoms with E-state index in [-0.39, 0.29) is 17.4 Å². The molecule has 0 aromatic heterocycles. The third kappa shape index (κ3) is 5.07. The maximum atomic E-state index is 13.7. The molecule has 2 aliphatic rings. The molecule has 1 aliphatic carbocycles. The van der Waals surface area contributed by atoms with Gasteiger partial charge in [-0.15, -0.1) is 6.58 Å². The van der Waals surface area contributed by atoms with Crippen LogP contribution in [0.4, 0.5) is 0 Å². The van der Waals surface area contributed by atoms with Crippen LogP contribution in [0.25, 0.3) is 0 Å². The summed E-state index contributed by atoms with van der Waals surface area (Å²) in [5.41, 5.74) is 2.22. The van der Waals surface area contributed by atoms with E-state index in [4.69, 9.17) is 4.74 Å². The fourth-order valence-corrected chi connectivity index (χ4v) is 6.27. The van der Waals surface area contributed by atoms with Crippen molar-refractivity contribution in [1.82, 2.24) is 9.80 Å². The number of methoxy groups -OCH3 is 1. The molecule has 1 aliphatic heterocycles. The van der Waals surface area contributed by atoms with Gasteiger partial charge in [-0.25, -0.2) is 0 Å². The monoisotopic (exact) mass is 460 g/mol. The van der Waals surface area contributed by atoms with Crippen molar-refractivity contribution in [2.75, 3.05) is 33.3 Å². The Hall–Kier alpha value is -2.59. The molecule has 2 unspecified atom stereocenters. The highest BCUT2D eigenvalue weighted by Crippen LogP contribution is 2.50. The summed E-state index contributed by atoms with van der Waals surface area (Å²) in [6.07, 6.45) is 6.32. The first kappa shape index (κ1) is 24.5. The summed E-state index contributed by atoms with van der Waals surface area (Å²) in [5, 5.41) is 0. The molecule has 0 spiro atoms. The molecule has 1 heterocycles. The van der Waals surface area contributed by atoms with Crippen LogP contribution >= 0.6 is 0 Å². The Morgan fingerprint density at radius 1 is 1.21 bits per heavy atom. The molecule has 1 amide bonds. The van der Waals surface area contributed by atoms with Crippen molar-refractivity contribution in [1.29, 1.82) is 0 Å². The van der Waals surface area contributed by atoms with Crippen LogP contribution in [0.15, 0.2) is 67.3 Å². The zero-order valence-corrected chi connectivity index (χ0v) is 21.1. The van der Waals surface area contributed by atoms with E-state index in [0.717, 1.165) is 63.2 Å². The lowest BCUT2D eigenvalue weighted by atomic mass is 9.57. The van der Waals surface area contributed by atoms with E-state index in [2.05, 4.69) is 48.4 Å². The number of fused-ring (bicyclic) bond motifs is 1. The molecule has 2 fully saturated rings. The van der Waals surface area contributed by atoms with E-state index in [1.54, 1.807) is 7.11 Å². The standard InChI is InChI=1S/C30H40N2O2/c1-5-17-31-18-16-30(25-12-9-13-28(19-25)34-4)20-27(15-14-26(30)22-31)32(21-23(2)3)29(33)24-10-7-6-8-11-24/h5-13,19,23,26-27H,1,14-18,20-22H2,2-4H3/t26?,27-,30?/m1/s1. The van der Waals surface area contributed by atoms with Gasteiger partial charge in [0.15, 0.2) is 0 Å². The summed E-state index contributed by atoms with van der Waals surface area (Å²) in [7, 11) is 1.74. The van der Waals surface area contributed by atoms with Gasteiger partial charge in [0, 0.05) is 36.7 Å². The topological polar surface area (TPSA) is 32.8 Å². The lowest BCUT2D eigenvalue weighted by Gasteiger charge is -2.54. The number of carbonyl (C=O) groups excluding carboxylic acids is 1. The molecule has 4 heteroatoms. The minimum absolute atomic E-state index is 0.0569. The van der Waals surface area contributed by atoms with Crippen molar-refractivity contribution in [2.24, 2.45) is 11.8 Å². The Kier molecular flexibility index (Phi) is 7.77. The average Bonchev–Trinajstić information content (AvgIpc) is 2.87. The molecule has 4 rings (SSSR count). The zero-order valence-electron chi connectivity index (χ0n) is 21.1. The van der Waals surface area contributed by atoms with Crippen LogP contribution in [-0.2, 0) is 5.41 Å². The largest absolute Gasteiger partial charge is 0.497 e. The highest BCUT2D eigenvalue weighted by atomic mass is 16.5. The molecule has 4 nitrogen and oxygen atoms in total. The molecule has 182 valence electrons. The summed E-state index contributed by atoms with van der Waals surface area (Å²) < 4.78 is 5.62. The summed E-state index contributed by atoms with van der Waals surface area (Å²) in [6.45, 7) is 12.3. The number of carbonyl (C=O) groups is 1. The molecule has 0 N–H and O–H groups in total. The fourth-order valence-electron chi connectivity index (χ4n) is 6.27. The van der Waals surface area contributed by atoms with Crippen LogP contribution in [0.3, 0.4) is 0 Å². The van der Waals surface area contributed by atoms with Crippen molar-refractivity contribution in [3.8, 4) is 5.75 Å². The highest BCUT2D eigenvalue weighted by Gasteiger charge is 2.49. The van der Waals surface area contributed by atoms with Gasteiger partial charge in [-0.3, -0.25) is 9.69 Å². The minimum atomic E-state index is 0.0569. The van der Waals surface area contributed by atoms with Crippen molar-refractivity contribution in [3.63, 3.8) is 0 Å². The van der Waals surface area contributed by atoms with Gasteiger partial charge in [0.25, 0.3) is 5.91 Å². The lowest BCUT2D eigenvalue weighted by molar-refractivity contribution is 0.0138. The summed E-state index contributed by atoms with van der Waals surface area (Å²) in [5.74, 6) is 2.08. The molecule has 2 aromatic carbocycles. The van der Waals surface area contributed by atoms with Crippen LogP contribution < -0.4 is 4.74 Å². The SMILES string of the molecule is C=CCN1CCC2(c3cccc(OC)c3)C[C@H](N(CC(C)C)C(=O)c3ccccc3)CCC2C1. The summed E-state index contributed by atoms with van der Waals surface area (Å²) in [6, 6.07) is 18.7. The van der Waals surface area contributed by atoms with Crippen LogP contribution in [0, 0.1) is 11.8 Å². The van der Waals surface area contributed by atoms with Crippen LogP contribution in [0.2, 0.25) is 0 Å². The normalized spacial score (nSPS) is 24.9. The molecular formula is C30H40N2O2. The first-order valence-corrected chi connectivity index (χ1v) is 12.8. The molecule has 1 saturated carbocycles. The van der Waals surface area contributed by atoms with Gasteiger partial charge in [0.1, 0.15) is 5.75 Å². The van der Waals surface area contributed by atoms with Crippen LogP contribution in [0.5, 0.6) is 5.75 Å². The predicted molar refractivity (Wildman–Crippen MR) is 139 cm³/mol. The fraction of sp³-hybridized carbons (Fsp3) is 0.500. The highest BCUT2D eigenvalue weighted by molar-refractivity contribution is 5.94. The number of hydrogen-bond acceptors (Lipinski definition) is 3. The minimum Gasteiger partial charge on any atom is -0.497 e. The molecule has 1 saturated heterocycles. The van der Waals surface area contributed by atoms with Gasteiger partial charge in [0.05, 0.1) is 7.11 Å². The predicted octanol–water partition coefficient (Wildman–Crippen LogP) is 5.79. The molecular weight excluding hydrogens is 420 g/mol. The first-order valence-electron chi connectivity index (χ1n) is 12.8. The van der Waals surface area contributed by atoms with Gasteiger partial charge in [0.2, 0.25) is 0 Å². The van der Waals surface area contributed by atoms with Gasteiger partial charge in [-0.2, -0.15) is 0 Å². The number of rotatable bonds is 8. The van der Waals surface area contributed by atoms with Gasteiger partial charge >= 0.3 is 0 Å². The smallest absolute Gasteiger partial charge is 0.254 e. The number of hydrogen-bond donors (Lipinski definition) is 0. The van der Waals surface area contributed by atoms with E-state index >= 15 is 0 Å². The van der Waals surface area contributed by atoms with Crippen molar-refractivity contribution in [2.45, 2.75) is 51.0 Å². The van der Waals surface area contributed by atoms with Crippen LogP contribution in [-0.4, -0.2) is 55.0 Å². The molecule has 0 radical (unpaired) electrons.